The van der Waals surface area contributed by atoms with Crippen LogP contribution in [0, 0.1) is 5.92 Å². The van der Waals surface area contributed by atoms with Crippen LogP contribution in [0.4, 0.5) is 11.4 Å². The van der Waals surface area contributed by atoms with Crippen LogP contribution in [-0.2, 0) is 4.79 Å². The number of nitrogens with zero attached hydrogens (tertiary/aromatic N) is 1. The Morgan fingerprint density at radius 3 is 2.68 bits per heavy atom. The Morgan fingerprint density at radius 1 is 1.29 bits per heavy atom. The number of anilines is 2. The summed E-state index contributed by atoms with van der Waals surface area (Å²) in [5.41, 5.74) is 1.75. The van der Waals surface area contributed by atoms with Gasteiger partial charge < -0.3 is 14.7 Å². The molecule has 168 valence electrons. The van der Waals surface area contributed by atoms with Gasteiger partial charge in [-0.3, -0.25) is 9.11 Å². The third-order valence-corrected chi connectivity index (χ3v) is 7.96. The number of aliphatic carboxylic acids is 1. The van der Waals surface area contributed by atoms with Gasteiger partial charge in [0.1, 0.15) is 5.75 Å². The first kappa shape index (κ1) is 23.5. The van der Waals surface area contributed by atoms with Crippen LogP contribution in [0.2, 0.25) is 0 Å². The number of fused-ring (bicyclic) bond motifs is 1. The zero-order valence-electron chi connectivity index (χ0n) is 17.7. The van der Waals surface area contributed by atoms with Gasteiger partial charge in [0, 0.05) is 24.1 Å². The summed E-state index contributed by atoms with van der Waals surface area (Å²) in [6.07, 6.45) is 6.92. The van der Waals surface area contributed by atoms with E-state index in [2.05, 4.69) is 11.8 Å². The van der Waals surface area contributed by atoms with Crippen molar-refractivity contribution in [2.75, 3.05) is 23.5 Å². The molecule has 1 atom stereocenters. The van der Waals surface area contributed by atoms with Crippen molar-refractivity contribution < 1.29 is 23.7 Å². The normalized spacial score (nSPS) is 19.0. The maximum atomic E-state index is 11.2. The molecule has 0 aromatic heterocycles. The maximum absolute atomic E-state index is 11.2. The minimum Gasteiger partial charge on any atom is -0.478 e. The average Bonchev–Trinajstić information content (AvgIpc) is 2.85. The summed E-state index contributed by atoms with van der Waals surface area (Å²) >= 11 is 1.46. The number of hydrogen-bond donors (Lipinski definition) is 3. The summed E-state index contributed by atoms with van der Waals surface area (Å²) in [6, 6.07) is 13.5. The Labute approximate surface area is 189 Å². The summed E-state index contributed by atoms with van der Waals surface area (Å²) in [6.45, 7) is 2.83. The molecule has 0 aliphatic carbocycles. The second-order valence-corrected chi connectivity index (χ2v) is 10.5. The van der Waals surface area contributed by atoms with Crippen LogP contribution in [0.15, 0.2) is 64.6 Å². The number of para-hydroxylation sites is 1. The third kappa shape index (κ3) is 5.77. The van der Waals surface area contributed by atoms with Gasteiger partial charge in [-0.05, 0) is 36.8 Å². The number of carboxylic acid groups (broad SMARTS) is 1. The molecule has 0 saturated heterocycles. The second kappa shape index (κ2) is 10.5. The zero-order valence-corrected chi connectivity index (χ0v) is 19.4. The van der Waals surface area contributed by atoms with E-state index >= 15 is 0 Å². The molecule has 8 heteroatoms. The molecule has 0 radical (unpaired) electrons. The minimum absolute atomic E-state index is 0.131. The summed E-state index contributed by atoms with van der Waals surface area (Å²) in [7, 11) is -3.06. The van der Waals surface area contributed by atoms with E-state index in [-0.39, 0.29) is 5.92 Å². The van der Waals surface area contributed by atoms with E-state index in [4.69, 9.17) is 9.84 Å². The summed E-state index contributed by atoms with van der Waals surface area (Å²) in [5, 5.41) is 8.84. The van der Waals surface area contributed by atoms with Crippen molar-refractivity contribution in [3.63, 3.8) is 0 Å². The van der Waals surface area contributed by atoms with E-state index in [0.717, 1.165) is 47.9 Å². The molecule has 1 aliphatic heterocycles. The highest BCUT2D eigenvalue weighted by Gasteiger charge is 2.33. The molecule has 2 aromatic carbocycles. The lowest BCUT2D eigenvalue weighted by atomic mass is 10.0. The number of ether oxygens (including phenoxy) is 1. The Morgan fingerprint density at radius 2 is 2.03 bits per heavy atom. The summed E-state index contributed by atoms with van der Waals surface area (Å²) in [5.74, 6) is -0.277. The molecule has 1 heterocycles. The molecule has 31 heavy (non-hydrogen) atoms. The molecule has 0 fully saturated rings. The molecule has 1 unspecified atom stereocenters. The molecule has 3 N–H and O–H groups in total. The van der Waals surface area contributed by atoms with Gasteiger partial charge in [0.2, 0.25) is 0 Å². The Balaban J connectivity index is 2.12. The lowest BCUT2D eigenvalue weighted by Gasteiger charge is -2.34. The first-order valence-corrected chi connectivity index (χ1v) is 13.2. The highest BCUT2D eigenvalue weighted by molar-refractivity contribution is 8.24. The van der Waals surface area contributed by atoms with Gasteiger partial charge in [-0.25, -0.2) is 4.79 Å². The topological polar surface area (TPSA) is 90.2 Å². The molecule has 1 aliphatic rings. The van der Waals surface area contributed by atoms with E-state index in [0.29, 0.717) is 22.9 Å². The van der Waals surface area contributed by atoms with Crippen LogP contribution >= 0.6 is 22.4 Å². The number of carbonyl (C=O) groups is 1. The fourth-order valence-corrected chi connectivity index (χ4v) is 6.21. The number of carboxylic acids is 1. The van der Waals surface area contributed by atoms with Crippen LogP contribution in [0.1, 0.15) is 26.2 Å². The van der Waals surface area contributed by atoms with E-state index < -0.39 is 16.6 Å². The van der Waals surface area contributed by atoms with Crippen molar-refractivity contribution in [1.29, 1.82) is 0 Å². The lowest BCUT2D eigenvalue weighted by Crippen LogP contribution is -2.25. The van der Waals surface area contributed by atoms with E-state index in [1.54, 1.807) is 6.07 Å². The summed E-state index contributed by atoms with van der Waals surface area (Å²) < 4.78 is 27.9. The van der Waals surface area contributed by atoms with E-state index in [9.17, 15) is 13.9 Å². The van der Waals surface area contributed by atoms with Crippen molar-refractivity contribution in [2.24, 2.45) is 5.92 Å². The first-order valence-electron chi connectivity index (χ1n) is 10.2. The SMILES string of the molecule is CCCCC1CN(c2ccccc2)c2cc(SC)c(O/C=C/C(=O)O)cc2S(O)(O)C1. The molecule has 0 amide bonds. The predicted octanol–water partition coefficient (Wildman–Crippen LogP) is 6.45. The van der Waals surface area contributed by atoms with Gasteiger partial charge in [-0.15, -0.1) is 11.8 Å². The predicted molar refractivity (Wildman–Crippen MR) is 128 cm³/mol. The van der Waals surface area contributed by atoms with Gasteiger partial charge in [0.25, 0.3) is 0 Å². The van der Waals surface area contributed by atoms with Crippen molar-refractivity contribution in [3.05, 3.63) is 54.8 Å². The average molecular weight is 464 g/mol. The molecule has 0 spiro atoms. The van der Waals surface area contributed by atoms with Crippen molar-refractivity contribution >= 4 is 39.7 Å². The van der Waals surface area contributed by atoms with Gasteiger partial charge in [0.05, 0.1) is 27.8 Å². The third-order valence-electron chi connectivity index (χ3n) is 5.24. The lowest BCUT2D eigenvalue weighted by molar-refractivity contribution is -0.131. The van der Waals surface area contributed by atoms with Crippen molar-refractivity contribution in [3.8, 4) is 5.75 Å². The molecule has 3 rings (SSSR count). The number of benzene rings is 2. The van der Waals surface area contributed by atoms with Crippen molar-refractivity contribution in [1.82, 2.24) is 0 Å². The van der Waals surface area contributed by atoms with Gasteiger partial charge in [0.15, 0.2) is 0 Å². The molecule has 0 saturated carbocycles. The quantitative estimate of drug-likeness (QED) is 0.235. The Kier molecular flexibility index (Phi) is 7.94. The highest BCUT2D eigenvalue weighted by Crippen LogP contribution is 2.58. The van der Waals surface area contributed by atoms with E-state index in [1.807, 2.05) is 42.7 Å². The molecular weight excluding hydrogens is 434 g/mol. The number of hydrogen-bond acceptors (Lipinski definition) is 6. The second-order valence-electron chi connectivity index (χ2n) is 7.52. The maximum Gasteiger partial charge on any atom is 0.331 e. The van der Waals surface area contributed by atoms with Crippen LogP contribution in [0.5, 0.6) is 5.75 Å². The smallest absolute Gasteiger partial charge is 0.331 e. The number of rotatable bonds is 8. The standard InChI is InChI=1S/C23H29NO5S2/c1-3-4-8-17-15-24(18-9-6-5-7-10-18)19-13-21(30-2)20(29-12-11-23(25)26)14-22(19)31(27,28)16-17/h5-7,9-14,17,27-28H,3-4,8,15-16H2,1-2H3,(H,25,26)/b12-11+. The summed E-state index contributed by atoms with van der Waals surface area (Å²) in [4.78, 5) is 14.2. The van der Waals surface area contributed by atoms with Crippen LogP contribution in [-0.4, -0.2) is 38.7 Å². The van der Waals surface area contributed by atoms with E-state index in [1.165, 1.54) is 11.8 Å². The number of thioether (sulfide) groups is 1. The Hall–Kier alpha value is -2.13. The molecule has 0 bridgehead atoms. The molecule has 6 nitrogen and oxygen atoms in total. The van der Waals surface area contributed by atoms with Gasteiger partial charge in [-0.1, -0.05) is 38.0 Å². The fraction of sp³-hybridized carbons (Fsp3) is 0.348. The Bertz CT molecular complexity index is 933. The largest absolute Gasteiger partial charge is 0.478 e. The van der Waals surface area contributed by atoms with Crippen LogP contribution in [0.25, 0.3) is 0 Å². The number of unbranched alkanes of at least 4 members (excludes halogenated alkanes) is 1. The van der Waals surface area contributed by atoms with Gasteiger partial charge in [-0.2, -0.15) is 10.6 Å². The fourth-order valence-electron chi connectivity index (χ4n) is 3.77. The monoisotopic (exact) mass is 463 g/mol. The van der Waals surface area contributed by atoms with Crippen molar-refractivity contribution in [2.45, 2.75) is 36.0 Å². The highest BCUT2D eigenvalue weighted by atomic mass is 32.3. The first-order chi connectivity index (χ1) is 14.9. The molecular formula is C23H29NO5S2. The van der Waals surface area contributed by atoms with Crippen LogP contribution < -0.4 is 9.64 Å². The van der Waals surface area contributed by atoms with Crippen LogP contribution in [0.3, 0.4) is 0 Å². The van der Waals surface area contributed by atoms with Gasteiger partial charge >= 0.3 is 5.97 Å². The molecule has 2 aromatic rings. The zero-order chi connectivity index (χ0) is 22.4. The minimum atomic E-state index is -3.06.